The van der Waals surface area contributed by atoms with E-state index in [0.29, 0.717) is 30.6 Å². The summed E-state index contributed by atoms with van der Waals surface area (Å²) in [5.41, 5.74) is 5.66. The minimum Gasteiger partial charge on any atom is -0.393 e. The second kappa shape index (κ2) is 10.9. The number of aliphatic hydroxyl groups is 3. The van der Waals surface area contributed by atoms with Gasteiger partial charge in [-0.2, -0.15) is 0 Å². The summed E-state index contributed by atoms with van der Waals surface area (Å²) in [5.74, 6) is 1.57. The third-order valence-corrected chi connectivity index (χ3v) is 10.6. The van der Waals surface area contributed by atoms with Gasteiger partial charge in [-0.1, -0.05) is 57.2 Å². The third-order valence-electron chi connectivity index (χ3n) is 10.6. The van der Waals surface area contributed by atoms with E-state index >= 15 is 0 Å². The van der Waals surface area contributed by atoms with Crippen LogP contribution in [0, 0.1) is 23.2 Å². The van der Waals surface area contributed by atoms with Crippen molar-refractivity contribution in [2.24, 2.45) is 23.2 Å². The van der Waals surface area contributed by atoms with Gasteiger partial charge in [-0.05, 0) is 110 Å². The van der Waals surface area contributed by atoms with Gasteiger partial charge < -0.3 is 15.3 Å². The highest BCUT2D eigenvalue weighted by molar-refractivity contribution is 5.39. The Hall–Kier alpha value is -2.01. The summed E-state index contributed by atoms with van der Waals surface area (Å²) < 4.78 is 0. The summed E-state index contributed by atoms with van der Waals surface area (Å²) >= 11 is 0. The predicted molar refractivity (Wildman–Crippen MR) is 154 cm³/mol. The summed E-state index contributed by atoms with van der Waals surface area (Å²) in [7, 11) is 0. The molecule has 7 atom stereocenters. The van der Waals surface area contributed by atoms with Crippen LogP contribution in [-0.2, 0) is 11.8 Å². The fourth-order valence-corrected chi connectivity index (χ4v) is 8.01. The van der Waals surface area contributed by atoms with Crippen molar-refractivity contribution in [2.75, 3.05) is 0 Å². The van der Waals surface area contributed by atoms with E-state index < -0.39 is 18.3 Å². The van der Waals surface area contributed by atoms with Crippen LogP contribution in [0.15, 0.2) is 65.9 Å². The van der Waals surface area contributed by atoms with Crippen LogP contribution in [0.2, 0.25) is 0 Å². The van der Waals surface area contributed by atoms with E-state index in [9.17, 15) is 15.3 Å². The van der Waals surface area contributed by atoms with Gasteiger partial charge >= 0.3 is 0 Å². The quantitative estimate of drug-likeness (QED) is 0.368. The van der Waals surface area contributed by atoms with Gasteiger partial charge in [0, 0.05) is 23.7 Å². The Bertz CT molecular complexity index is 1130. The molecule has 4 saturated carbocycles. The first kappa shape index (κ1) is 27.6. The van der Waals surface area contributed by atoms with Gasteiger partial charge in [-0.3, -0.25) is 4.98 Å². The summed E-state index contributed by atoms with van der Waals surface area (Å²) in [4.78, 5) is 4.65. The van der Waals surface area contributed by atoms with Gasteiger partial charge in [0.15, 0.2) is 0 Å². The average Bonchev–Trinajstić information content (AvgIpc) is 3.64. The first-order valence-corrected chi connectivity index (χ1v) is 14.9. The Balaban J connectivity index is 1.29. The van der Waals surface area contributed by atoms with E-state index in [1.54, 1.807) is 0 Å². The van der Waals surface area contributed by atoms with Crippen LogP contribution in [0.4, 0.5) is 0 Å². The number of aryl methyl sites for hydroxylation is 1. The molecule has 4 fully saturated rings. The van der Waals surface area contributed by atoms with Gasteiger partial charge in [0.25, 0.3) is 0 Å². The fourth-order valence-electron chi connectivity index (χ4n) is 8.01. The standard InChI is InChI=1S/C34H47NO3/c1-5-24-14-18-35-31(19-24)34(16-17-34)32(38)13-8-22(2)28-11-12-29-25(7-6-15-33(28,29)4)9-10-26-20-27(36)21-30(37)23(26)3/h8-10,13-14,18-19,22,27-30,32,36-38H,3,5-7,11-12,15-17,20-21H2,1-2,4H3/t22-,27-,28-,29+,30+,32+,33-/m1/s1. The number of fused-ring (bicyclic) bond motifs is 1. The molecule has 0 bridgehead atoms. The van der Waals surface area contributed by atoms with Crippen LogP contribution in [-0.4, -0.2) is 38.6 Å². The molecule has 0 aliphatic heterocycles. The number of hydrogen-bond donors (Lipinski definition) is 3. The van der Waals surface area contributed by atoms with Crippen LogP contribution < -0.4 is 0 Å². The Morgan fingerprint density at radius 2 is 1.95 bits per heavy atom. The Kier molecular flexibility index (Phi) is 7.88. The molecule has 3 N–H and O–H groups in total. The van der Waals surface area contributed by atoms with Crippen LogP contribution >= 0.6 is 0 Å². The highest BCUT2D eigenvalue weighted by atomic mass is 16.3. The molecule has 4 heteroatoms. The molecule has 0 aromatic carbocycles. The zero-order valence-corrected chi connectivity index (χ0v) is 23.6. The van der Waals surface area contributed by atoms with Gasteiger partial charge in [-0.25, -0.2) is 0 Å². The topological polar surface area (TPSA) is 73.6 Å². The van der Waals surface area contributed by atoms with E-state index in [-0.39, 0.29) is 10.8 Å². The molecule has 1 aromatic rings. The molecule has 1 heterocycles. The number of rotatable bonds is 7. The van der Waals surface area contributed by atoms with Crippen molar-refractivity contribution in [3.8, 4) is 0 Å². The summed E-state index contributed by atoms with van der Waals surface area (Å²) in [6.07, 6.45) is 19.0. The molecular formula is C34H47NO3. The van der Waals surface area contributed by atoms with E-state index in [0.717, 1.165) is 42.5 Å². The Morgan fingerprint density at radius 3 is 2.68 bits per heavy atom. The lowest BCUT2D eigenvalue weighted by molar-refractivity contribution is 0.0862. The SMILES string of the molecule is C=C1C(=CC=C2CCC[C@]3(C)[C@@H]([C@H](C)C=C[C@H](O)C4(c5cc(CC)ccn5)CC4)CC[C@@H]23)C[C@@H](O)C[C@@H]1O. The van der Waals surface area contributed by atoms with Gasteiger partial charge in [0.05, 0.1) is 18.3 Å². The number of hydrogen-bond acceptors (Lipinski definition) is 4. The zero-order chi connectivity index (χ0) is 27.1. The Morgan fingerprint density at radius 1 is 1.16 bits per heavy atom. The van der Waals surface area contributed by atoms with Crippen molar-refractivity contribution in [1.82, 2.24) is 4.98 Å². The minimum absolute atomic E-state index is 0.206. The van der Waals surface area contributed by atoms with Crippen LogP contribution in [0.3, 0.4) is 0 Å². The molecule has 1 aromatic heterocycles. The summed E-state index contributed by atoms with van der Waals surface area (Å²) in [6.45, 7) is 11.1. The van der Waals surface area contributed by atoms with Gasteiger partial charge in [-0.15, -0.1) is 0 Å². The number of aliphatic hydroxyl groups excluding tert-OH is 3. The maximum absolute atomic E-state index is 11.3. The number of nitrogens with zero attached hydrogens (tertiary/aromatic N) is 1. The van der Waals surface area contributed by atoms with Crippen molar-refractivity contribution in [1.29, 1.82) is 0 Å². The molecule has 4 nitrogen and oxygen atoms in total. The van der Waals surface area contributed by atoms with Crippen LogP contribution in [0.1, 0.15) is 89.8 Å². The maximum atomic E-state index is 11.3. The second-order valence-electron chi connectivity index (χ2n) is 12.9. The lowest BCUT2D eigenvalue weighted by Crippen LogP contribution is -2.35. The average molecular weight is 518 g/mol. The molecule has 5 rings (SSSR count). The molecular weight excluding hydrogens is 470 g/mol. The monoisotopic (exact) mass is 517 g/mol. The second-order valence-corrected chi connectivity index (χ2v) is 12.9. The molecule has 4 aliphatic carbocycles. The van der Waals surface area contributed by atoms with Crippen molar-refractivity contribution < 1.29 is 15.3 Å². The smallest absolute Gasteiger partial charge is 0.0832 e. The molecule has 0 radical (unpaired) electrons. The molecule has 0 amide bonds. The maximum Gasteiger partial charge on any atom is 0.0832 e. The Labute approximate surface area is 229 Å². The highest BCUT2D eigenvalue weighted by Crippen LogP contribution is 2.60. The van der Waals surface area contributed by atoms with Gasteiger partial charge in [0.1, 0.15) is 0 Å². The molecule has 0 saturated heterocycles. The predicted octanol–water partition coefficient (Wildman–Crippen LogP) is 6.37. The first-order chi connectivity index (χ1) is 18.2. The van der Waals surface area contributed by atoms with E-state index in [4.69, 9.17) is 0 Å². The number of aromatic nitrogens is 1. The van der Waals surface area contributed by atoms with Crippen molar-refractivity contribution in [3.05, 3.63) is 77.2 Å². The van der Waals surface area contributed by atoms with E-state index in [2.05, 4.69) is 68.8 Å². The molecule has 38 heavy (non-hydrogen) atoms. The summed E-state index contributed by atoms with van der Waals surface area (Å²) in [6, 6.07) is 4.26. The van der Waals surface area contributed by atoms with Crippen molar-refractivity contribution in [3.63, 3.8) is 0 Å². The van der Waals surface area contributed by atoms with E-state index in [1.165, 1.54) is 36.8 Å². The number of allylic oxidation sites excluding steroid dienone is 4. The zero-order valence-electron chi connectivity index (χ0n) is 23.6. The minimum atomic E-state index is -0.639. The molecule has 206 valence electrons. The summed E-state index contributed by atoms with van der Waals surface area (Å²) in [5, 5.41) is 31.6. The largest absolute Gasteiger partial charge is 0.393 e. The third kappa shape index (κ3) is 5.12. The normalized spacial score (nSPS) is 36.5. The number of pyridine rings is 1. The molecule has 0 unspecified atom stereocenters. The highest BCUT2D eigenvalue weighted by Gasteiger charge is 2.52. The van der Waals surface area contributed by atoms with Crippen LogP contribution in [0.5, 0.6) is 0 Å². The fraction of sp³-hybridized carbons (Fsp3) is 0.618. The lowest BCUT2D eigenvalue weighted by atomic mass is 9.61. The van der Waals surface area contributed by atoms with Crippen molar-refractivity contribution >= 4 is 0 Å². The van der Waals surface area contributed by atoms with E-state index in [1.807, 2.05) is 6.20 Å². The molecule has 4 aliphatic rings. The lowest BCUT2D eigenvalue weighted by Gasteiger charge is -2.44. The molecule has 0 spiro atoms. The van der Waals surface area contributed by atoms with Crippen molar-refractivity contribution in [2.45, 2.75) is 109 Å². The first-order valence-electron chi connectivity index (χ1n) is 14.9. The van der Waals surface area contributed by atoms with Crippen LogP contribution in [0.25, 0.3) is 0 Å². The van der Waals surface area contributed by atoms with Gasteiger partial charge in [0.2, 0.25) is 0 Å².